The van der Waals surface area contributed by atoms with Crippen LogP contribution >= 0.6 is 23.4 Å². The third kappa shape index (κ3) is 4.47. The lowest BCUT2D eigenvalue weighted by Crippen LogP contribution is -2.00. The molecule has 0 atom stereocenters. The van der Waals surface area contributed by atoms with Gasteiger partial charge in [-0.05, 0) is 42.5 Å². The van der Waals surface area contributed by atoms with Gasteiger partial charge in [-0.25, -0.2) is 4.79 Å². The number of hydrogen-bond donors (Lipinski definition) is 1. The van der Waals surface area contributed by atoms with Gasteiger partial charge < -0.3 is 9.84 Å². The van der Waals surface area contributed by atoms with Crippen molar-refractivity contribution >= 4 is 29.3 Å². The molecule has 0 aliphatic rings. The van der Waals surface area contributed by atoms with E-state index >= 15 is 0 Å². The minimum Gasteiger partial charge on any atom is -0.493 e. The normalized spacial score (nSPS) is 10.2. The Morgan fingerprint density at radius 1 is 1.20 bits per heavy atom. The molecule has 2 aromatic rings. The molecule has 0 radical (unpaired) electrons. The molecule has 2 aromatic carbocycles. The highest BCUT2D eigenvalue weighted by Crippen LogP contribution is 2.20. The topological polar surface area (TPSA) is 46.5 Å². The molecule has 0 aromatic heterocycles. The van der Waals surface area contributed by atoms with Crippen molar-refractivity contribution in [3.8, 4) is 5.75 Å². The van der Waals surface area contributed by atoms with E-state index in [0.717, 1.165) is 16.4 Å². The molecule has 104 valence electrons. The summed E-state index contributed by atoms with van der Waals surface area (Å²) < 4.78 is 5.57. The Kier molecular flexibility index (Phi) is 5.32. The fourth-order valence-corrected chi connectivity index (χ4v) is 2.48. The van der Waals surface area contributed by atoms with Crippen LogP contribution in [0.25, 0.3) is 0 Å². The Morgan fingerprint density at radius 2 is 1.95 bits per heavy atom. The van der Waals surface area contributed by atoms with Gasteiger partial charge in [0.05, 0.1) is 12.2 Å². The lowest BCUT2D eigenvalue weighted by atomic mass is 10.2. The van der Waals surface area contributed by atoms with Crippen LogP contribution in [0.4, 0.5) is 0 Å². The van der Waals surface area contributed by atoms with Gasteiger partial charge in [-0.15, -0.1) is 11.8 Å². The average Bonchev–Trinajstić information content (AvgIpc) is 2.44. The number of halogens is 1. The first-order chi connectivity index (χ1) is 9.65. The molecular weight excluding hydrogens is 296 g/mol. The van der Waals surface area contributed by atoms with Crippen LogP contribution < -0.4 is 4.74 Å². The number of hydrogen-bond acceptors (Lipinski definition) is 3. The molecule has 0 bridgehead atoms. The first kappa shape index (κ1) is 14.8. The van der Waals surface area contributed by atoms with E-state index in [1.54, 1.807) is 48.2 Å². The average molecular weight is 309 g/mol. The zero-order valence-corrected chi connectivity index (χ0v) is 12.2. The summed E-state index contributed by atoms with van der Waals surface area (Å²) in [7, 11) is 0. The molecule has 20 heavy (non-hydrogen) atoms. The maximum atomic E-state index is 10.7. The molecule has 0 aliphatic carbocycles. The summed E-state index contributed by atoms with van der Waals surface area (Å²) in [6.45, 7) is 0.561. The van der Waals surface area contributed by atoms with Crippen molar-refractivity contribution < 1.29 is 14.6 Å². The molecule has 0 spiro atoms. The highest BCUT2D eigenvalue weighted by atomic mass is 35.5. The number of rotatable bonds is 6. The first-order valence-electron chi connectivity index (χ1n) is 6.00. The second-order valence-electron chi connectivity index (χ2n) is 3.98. The van der Waals surface area contributed by atoms with Crippen LogP contribution in [0.3, 0.4) is 0 Å². The molecule has 0 amide bonds. The zero-order valence-electron chi connectivity index (χ0n) is 10.6. The molecule has 2 rings (SSSR count). The van der Waals surface area contributed by atoms with E-state index in [4.69, 9.17) is 21.4 Å². The minimum atomic E-state index is -0.911. The highest BCUT2D eigenvalue weighted by Gasteiger charge is 2.02. The van der Waals surface area contributed by atoms with Crippen molar-refractivity contribution in [1.29, 1.82) is 0 Å². The number of thioether (sulfide) groups is 1. The predicted molar refractivity (Wildman–Crippen MR) is 81.1 cm³/mol. The summed E-state index contributed by atoms with van der Waals surface area (Å²) in [6.07, 6.45) is 0. The van der Waals surface area contributed by atoms with E-state index in [9.17, 15) is 4.79 Å². The summed E-state index contributed by atoms with van der Waals surface area (Å²) in [5, 5.41) is 9.45. The van der Waals surface area contributed by atoms with Gasteiger partial charge in [0.2, 0.25) is 0 Å². The van der Waals surface area contributed by atoms with E-state index in [1.807, 2.05) is 12.1 Å². The molecule has 0 saturated carbocycles. The minimum absolute atomic E-state index is 0.296. The Hall–Kier alpha value is -1.65. The summed E-state index contributed by atoms with van der Waals surface area (Å²) in [5.74, 6) is 0.615. The van der Waals surface area contributed by atoms with Gasteiger partial charge in [0.15, 0.2) is 0 Å². The molecule has 1 N–H and O–H groups in total. The summed E-state index contributed by atoms with van der Waals surface area (Å²) in [6, 6.07) is 14.1. The largest absolute Gasteiger partial charge is 0.493 e. The van der Waals surface area contributed by atoms with Crippen LogP contribution in [0.15, 0.2) is 53.4 Å². The first-order valence-corrected chi connectivity index (χ1v) is 7.36. The van der Waals surface area contributed by atoms with Crippen LogP contribution in [-0.4, -0.2) is 23.4 Å². The second-order valence-corrected chi connectivity index (χ2v) is 5.59. The van der Waals surface area contributed by atoms with E-state index in [2.05, 4.69) is 0 Å². The summed E-state index contributed by atoms with van der Waals surface area (Å²) in [4.78, 5) is 11.7. The molecular formula is C15H13ClO3S. The number of carboxylic acids is 1. The predicted octanol–water partition coefficient (Wildman–Crippen LogP) is 4.21. The Balaban J connectivity index is 1.77. The van der Waals surface area contributed by atoms with Crippen molar-refractivity contribution in [1.82, 2.24) is 0 Å². The van der Waals surface area contributed by atoms with E-state index in [0.29, 0.717) is 17.2 Å². The number of aromatic carboxylic acids is 1. The van der Waals surface area contributed by atoms with Crippen molar-refractivity contribution in [2.75, 3.05) is 12.4 Å². The quantitative estimate of drug-likeness (QED) is 0.641. The second kappa shape index (κ2) is 7.22. The van der Waals surface area contributed by atoms with Crippen LogP contribution in [0.2, 0.25) is 5.02 Å². The van der Waals surface area contributed by atoms with Crippen LogP contribution in [0, 0.1) is 0 Å². The number of carbonyl (C=O) groups is 1. The molecule has 0 aliphatic heterocycles. The van der Waals surface area contributed by atoms with E-state index in [-0.39, 0.29) is 0 Å². The molecule has 0 fully saturated rings. The summed E-state index contributed by atoms with van der Waals surface area (Å²) in [5.41, 5.74) is 0.296. The number of ether oxygens (including phenoxy) is 1. The van der Waals surface area contributed by atoms with Crippen molar-refractivity contribution in [3.63, 3.8) is 0 Å². The third-order valence-corrected chi connectivity index (χ3v) is 3.73. The fraction of sp³-hybridized carbons (Fsp3) is 0.133. The van der Waals surface area contributed by atoms with Gasteiger partial charge in [0.1, 0.15) is 5.75 Å². The maximum absolute atomic E-state index is 10.7. The Morgan fingerprint density at radius 3 is 2.60 bits per heavy atom. The zero-order chi connectivity index (χ0) is 14.4. The number of carboxylic acid groups (broad SMARTS) is 1. The monoisotopic (exact) mass is 308 g/mol. The number of benzene rings is 2. The molecule has 0 unspecified atom stereocenters. The molecule has 3 nitrogen and oxygen atoms in total. The van der Waals surface area contributed by atoms with Gasteiger partial charge in [-0.3, -0.25) is 0 Å². The molecule has 0 heterocycles. The Labute approximate surface area is 126 Å². The van der Waals surface area contributed by atoms with Gasteiger partial charge in [0.25, 0.3) is 0 Å². The van der Waals surface area contributed by atoms with Gasteiger partial charge in [0, 0.05) is 15.7 Å². The lowest BCUT2D eigenvalue weighted by molar-refractivity contribution is 0.0697. The smallest absolute Gasteiger partial charge is 0.335 e. The fourth-order valence-electron chi connectivity index (χ4n) is 1.57. The summed E-state index contributed by atoms with van der Waals surface area (Å²) >= 11 is 7.47. The lowest BCUT2D eigenvalue weighted by Gasteiger charge is -2.06. The SMILES string of the molecule is O=C(O)c1ccc(SCCOc2cccc(Cl)c2)cc1. The van der Waals surface area contributed by atoms with Crippen molar-refractivity contribution in [2.45, 2.75) is 4.90 Å². The van der Waals surface area contributed by atoms with Gasteiger partial charge >= 0.3 is 5.97 Å². The standard InChI is InChI=1S/C15H13ClO3S/c16-12-2-1-3-13(10-12)19-8-9-20-14-6-4-11(5-7-14)15(17)18/h1-7,10H,8-9H2,(H,17,18). The van der Waals surface area contributed by atoms with Gasteiger partial charge in [-0.1, -0.05) is 17.7 Å². The molecule has 0 saturated heterocycles. The highest BCUT2D eigenvalue weighted by molar-refractivity contribution is 7.99. The van der Waals surface area contributed by atoms with E-state index < -0.39 is 5.97 Å². The van der Waals surface area contributed by atoms with Crippen molar-refractivity contribution in [2.24, 2.45) is 0 Å². The van der Waals surface area contributed by atoms with Crippen LogP contribution in [-0.2, 0) is 0 Å². The van der Waals surface area contributed by atoms with Crippen molar-refractivity contribution in [3.05, 3.63) is 59.1 Å². The Bertz CT molecular complexity index is 584. The third-order valence-electron chi connectivity index (χ3n) is 2.52. The van der Waals surface area contributed by atoms with Crippen LogP contribution in [0.1, 0.15) is 10.4 Å². The molecule has 5 heteroatoms. The van der Waals surface area contributed by atoms with E-state index in [1.165, 1.54) is 0 Å². The van der Waals surface area contributed by atoms with Gasteiger partial charge in [-0.2, -0.15) is 0 Å². The maximum Gasteiger partial charge on any atom is 0.335 e. The van der Waals surface area contributed by atoms with Crippen LogP contribution in [0.5, 0.6) is 5.75 Å².